The molecule has 0 radical (unpaired) electrons. The van der Waals surface area contributed by atoms with Crippen molar-refractivity contribution in [3.05, 3.63) is 34.9 Å². The van der Waals surface area contributed by atoms with Gasteiger partial charge in [0.25, 0.3) is 0 Å². The molecule has 0 spiro atoms. The normalized spacial score (nSPS) is 18.0. The largest absolute Gasteiger partial charge is 0.335 e. The van der Waals surface area contributed by atoms with Crippen LogP contribution in [0, 0.1) is 0 Å². The predicted octanol–water partition coefficient (Wildman–Crippen LogP) is 4.45. The number of nitrogens with one attached hydrogen (secondary N) is 1. The first-order chi connectivity index (χ1) is 10.4. The van der Waals surface area contributed by atoms with E-state index in [-0.39, 0.29) is 24.9 Å². The molecule has 1 aliphatic carbocycles. The van der Waals surface area contributed by atoms with Gasteiger partial charge in [-0.25, -0.2) is 13.6 Å². The SMILES string of the molecule is CCN(Cc1ccc(Cl)cc1)C(=O)NC1CCC(F)(F)CC1. The van der Waals surface area contributed by atoms with Crippen LogP contribution in [0.4, 0.5) is 13.6 Å². The highest BCUT2D eigenvalue weighted by molar-refractivity contribution is 6.30. The molecule has 0 bridgehead atoms. The number of rotatable bonds is 4. The Labute approximate surface area is 134 Å². The van der Waals surface area contributed by atoms with Crippen molar-refractivity contribution in [1.82, 2.24) is 10.2 Å². The van der Waals surface area contributed by atoms with Crippen molar-refractivity contribution in [2.75, 3.05) is 6.54 Å². The summed E-state index contributed by atoms with van der Waals surface area (Å²) in [7, 11) is 0. The monoisotopic (exact) mass is 330 g/mol. The molecule has 3 nitrogen and oxygen atoms in total. The van der Waals surface area contributed by atoms with Gasteiger partial charge < -0.3 is 10.2 Å². The Hall–Kier alpha value is -1.36. The van der Waals surface area contributed by atoms with E-state index >= 15 is 0 Å². The average Bonchev–Trinajstić information content (AvgIpc) is 2.48. The summed E-state index contributed by atoms with van der Waals surface area (Å²) >= 11 is 5.84. The molecule has 0 unspecified atom stereocenters. The van der Waals surface area contributed by atoms with Crippen molar-refractivity contribution in [2.45, 2.75) is 51.1 Å². The molecular weight excluding hydrogens is 310 g/mol. The van der Waals surface area contributed by atoms with Gasteiger partial charge in [0.05, 0.1) is 0 Å². The predicted molar refractivity (Wildman–Crippen MR) is 83.3 cm³/mol. The lowest BCUT2D eigenvalue weighted by Gasteiger charge is -2.31. The number of carbonyl (C=O) groups excluding carboxylic acids is 1. The summed E-state index contributed by atoms with van der Waals surface area (Å²) in [6.07, 6.45) is 0.358. The quantitative estimate of drug-likeness (QED) is 0.869. The van der Waals surface area contributed by atoms with Gasteiger partial charge in [0, 0.05) is 37.0 Å². The van der Waals surface area contributed by atoms with Gasteiger partial charge in [-0.05, 0) is 37.5 Å². The zero-order chi connectivity index (χ0) is 16.2. The summed E-state index contributed by atoms with van der Waals surface area (Å²) in [5.41, 5.74) is 0.983. The highest BCUT2D eigenvalue weighted by Gasteiger charge is 2.35. The first-order valence-corrected chi connectivity index (χ1v) is 7.95. The molecule has 6 heteroatoms. The van der Waals surface area contributed by atoms with Crippen LogP contribution in [-0.2, 0) is 6.54 Å². The van der Waals surface area contributed by atoms with Crippen molar-refractivity contribution in [2.24, 2.45) is 0 Å². The summed E-state index contributed by atoms with van der Waals surface area (Å²) in [4.78, 5) is 13.9. The van der Waals surface area contributed by atoms with Gasteiger partial charge in [-0.1, -0.05) is 23.7 Å². The minimum Gasteiger partial charge on any atom is -0.335 e. The van der Waals surface area contributed by atoms with Crippen LogP contribution in [0.25, 0.3) is 0 Å². The first kappa shape index (κ1) is 17.0. The molecule has 1 aromatic rings. The minimum absolute atomic E-state index is 0.152. The van der Waals surface area contributed by atoms with E-state index in [4.69, 9.17) is 11.6 Å². The lowest BCUT2D eigenvalue weighted by atomic mass is 9.92. The Morgan fingerprint density at radius 3 is 2.45 bits per heavy atom. The molecule has 0 aromatic heterocycles. The second-order valence-corrected chi connectivity index (χ2v) is 6.16. The van der Waals surface area contributed by atoms with E-state index in [1.165, 1.54) is 0 Å². The third kappa shape index (κ3) is 4.83. The van der Waals surface area contributed by atoms with Crippen LogP contribution in [0.1, 0.15) is 38.2 Å². The molecule has 1 aliphatic rings. The average molecular weight is 331 g/mol. The van der Waals surface area contributed by atoms with Crippen LogP contribution >= 0.6 is 11.6 Å². The number of amides is 2. The highest BCUT2D eigenvalue weighted by Crippen LogP contribution is 2.33. The van der Waals surface area contributed by atoms with Crippen LogP contribution in [0.15, 0.2) is 24.3 Å². The Morgan fingerprint density at radius 2 is 1.91 bits per heavy atom. The zero-order valence-electron chi connectivity index (χ0n) is 12.6. The van der Waals surface area contributed by atoms with E-state index in [2.05, 4.69) is 5.32 Å². The van der Waals surface area contributed by atoms with Crippen LogP contribution in [0.3, 0.4) is 0 Å². The van der Waals surface area contributed by atoms with Gasteiger partial charge in [-0.15, -0.1) is 0 Å². The zero-order valence-corrected chi connectivity index (χ0v) is 13.4. The smallest absolute Gasteiger partial charge is 0.317 e. The third-order valence-electron chi connectivity index (χ3n) is 4.00. The van der Waals surface area contributed by atoms with Crippen LogP contribution < -0.4 is 5.32 Å². The van der Waals surface area contributed by atoms with Gasteiger partial charge in [0.15, 0.2) is 0 Å². The fourth-order valence-corrected chi connectivity index (χ4v) is 2.71. The van der Waals surface area contributed by atoms with Gasteiger partial charge in [-0.3, -0.25) is 0 Å². The Balaban J connectivity index is 1.88. The maximum absolute atomic E-state index is 13.1. The van der Waals surface area contributed by atoms with Crippen molar-refractivity contribution in [3.8, 4) is 0 Å². The maximum Gasteiger partial charge on any atom is 0.317 e. The molecule has 2 amide bonds. The first-order valence-electron chi connectivity index (χ1n) is 7.57. The molecule has 0 aliphatic heterocycles. The van der Waals surface area contributed by atoms with Crippen LogP contribution in [0.5, 0.6) is 0 Å². The molecule has 22 heavy (non-hydrogen) atoms. The van der Waals surface area contributed by atoms with E-state index < -0.39 is 5.92 Å². The Kier molecular flexibility index (Phi) is 5.62. The highest BCUT2D eigenvalue weighted by atomic mass is 35.5. The topological polar surface area (TPSA) is 32.3 Å². The second kappa shape index (κ2) is 7.27. The molecule has 1 fully saturated rings. The number of halogens is 3. The van der Waals surface area contributed by atoms with Crippen molar-refractivity contribution in [1.29, 1.82) is 0 Å². The molecule has 0 saturated heterocycles. The molecule has 1 aromatic carbocycles. The molecule has 122 valence electrons. The van der Waals surface area contributed by atoms with Crippen LogP contribution in [-0.4, -0.2) is 29.4 Å². The van der Waals surface area contributed by atoms with Gasteiger partial charge in [-0.2, -0.15) is 0 Å². The summed E-state index contributed by atoms with van der Waals surface area (Å²) < 4.78 is 26.3. The number of hydrogen-bond acceptors (Lipinski definition) is 1. The summed E-state index contributed by atoms with van der Waals surface area (Å²) in [6, 6.07) is 6.95. The Bertz CT molecular complexity index is 497. The number of urea groups is 1. The van der Waals surface area contributed by atoms with E-state index in [1.807, 2.05) is 19.1 Å². The summed E-state index contributed by atoms with van der Waals surface area (Å²) in [5.74, 6) is -2.57. The van der Waals surface area contributed by atoms with E-state index in [0.29, 0.717) is 31.0 Å². The second-order valence-electron chi connectivity index (χ2n) is 5.72. The minimum atomic E-state index is -2.57. The molecule has 0 atom stereocenters. The fraction of sp³-hybridized carbons (Fsp3) is 0.562. The van der Waals surface area contributed by atoms with Crippen molar-refractivity contribution >= 4 is 17.6 Å². The number of carbonyl (C=O) groups is 1. The molecule has 2 rings (SSSR count). The molecule has 1 N–H and O–H groups in total. The van der Waals surface area contributed by atoms with Gasteiger partial charge in [0.1, 0.15) is 0 Å². The van der Waals surface area contributed by atoms with Crippen molar-refractivity contribution < 1.29 is 13.6 Å². The van der Waals surface area contributed by atoms with Gasteiger partial charge >= 0.3 is 6.03 Å². The number of benzene rings is 1. The lowest BCUT2D eigenvalue weighted by molar-refractivity contribution is -0.0398. The summed E-state index contributed by atoms with van der Waals surface area (Å²) in [6.45, 7) is 2.92. The number of alkyl halides is 2. The van der Waals surface area contributed by atoms with Crippen molar-refractivity contribution in [3.63, 3.8) is 0 Å². The Morgan fingerprint density at radius 1 is 1.32 bits per heavy atom. The lowest BCUT2D eigenvalue weighted by Crippen LogP contribution is -2.46. The number of nitrogens with zero attached hydrogens (tertiary/aromatic N) is 1. The van der Waals surface area contributed by atoms with E-state index in [1.54, 1.807) is 17.0 Å². The van der Waals surface area contributed by atoms with Gasteiger partial charge in [0.2, 0.25) is 5.92 Å². The molecule has 0 heterocycles. The van der Waals surface area contributed by atoms with E-state index in [0.717, 1.165) is 5.56 Å². The summed E-state index contributed by atoms with van der Waals surface area (Å²) in [5, 5.41) is 3.52. The maximum atomic E-state index is 13.1. The molecule has 1 saturated carbocycles. The van der Waals surface area contributed by atoms with E-state index in [9.17, 15) is 13.6 Å². The molecular formula is C16H21ClF2N2O. The standard InChI is InChI=1S/C16H21ClF2N2O/c1-2-21(11-12-3-5-13(17)6-4-12)15(22)20-14-7-9-16(18,19)10-8-14/h3-6,14H,2,7-11H2,1H3,(H,20,22). The fourth-order valence-electron chi connectivity index (χ4n) is 2.59. The number of hydrogen-bond donors (Lipinski definition) is 1. The third-order valence-corrected chi connectivity index (χ3v) is 4.25. The van der Waals surface area contributed by atoms with Crippen LogP contribution in [0.2, 0.25) is 5.02 Å².